The first-order chi connectivity index (χ1) is 17.0. The number of nitrogens with two attached hydrogens (primary N) is 1. The maximum absolute atomic E-state index is 13.2. The molecule has 0 bridgehead atoms. The van der Waals surface area contributed by atoms with Crippen molar-refractivity contribution in [1.29, 1.82) is 5.26 Å². The van der Waals surface area contributed by atoms with Crippen molar-refractivity contribution in [1.82, 2.24) is 14.1 Å². The molecule has 4 rings (SSSR count). The second-order valence-electron chi connectivity index (χ2n) is 8.51. The van der Waals surface area contributed by atoms with Crippen LogP contribution in [-0.4, -0.2) is 50.5 Å². The summed E-state index contributed by atoms with van der Waals surface area (Å²) in [6.07, 6.45) is -2.25. The molecule has 1 atom stereocenters. The van der Waals surface area contributed by atoms with E-state index in [-0.39, 0.29) is 11.7 Å². The van der Waals surface area contributed by atoms with E-state index in [1.807, 2.05) is 18.2 Å². The Hall–Kier alpha value is -3.85. The van der Waals surface area contributed by atoms with Gasteiger partial charge in [0.15, 0.2) is 5.65 Å². The van der Waals surface area contributed by atoms with Crippen LogP contribution in [-0.2, 0) is 24.8 Å². The van der Waals surface area contributed by atoms with Gasteiger partial charge >= 0.3 is 17.8 Å². The highest BCUT2D eigenvalue weighted by Gasteiger charge is 2.38. The van der Waals surface area contributed by atoms with Crippen molar-refractivity contribution >= 4 is 22.8 Å². The van der Waals surface area contributed by atoms with Crippen LogP contribution in [0.3, 0.4) is 0 Å². The number of rotatable bonds is 4. The van der Waals surface area contributed by atoms with Crippen LogP contribution in [0.15, 0.2) is 35.1 Å². The number of carbonyl (C=O) groups is 1. The maximum atomic E-state index is 13.2. The Morgan fingerprint density at radius 1 is 1.33 bits per heavy atom. The number of halogens is 3. The van der Waals surface area contributed by atoms with E-state index in [9.17, 15) is 23.2 Å². The number of nitrogens with zero attached hydrogens (tertiary/aromatic N) is 5. The number of benzene rings is 1. The molecule has 192 valence electrons. The fraction of sp³-hybridized carbons (Fsp3) is 0.417. The third-order valence-corrected chi connectivity index (χ3v) is 5.98. The summed E-state index contributed by atoms with van der Waals surface area (Å²) in [6.45, 7) is 4.08. The lowest BCUT2D eigenvalue weighted by Gasteiger charge is -2.33. The van der Waals surface area contributed by atoms with E-state index in [2.05, 4.69) is 24.0 Å². The number of imidazole rings is 1. The molecule has 1 aromatic carbocycles. The van der Waals surface area contributed by atoms with Crippen molar-refractivity contribution in [3.05, 3.63) is 57.6 Å². The molecule has 3 heterocycles. The summed E-state index contributed by atoms with van der Waals surface area (Å²) in [4.78, 5) is 29.1. The zero-order chi connectivity index (χ0) is 26.6. The molecule has 1 fully saturated rings. The van der Waals surface area contributed by atoms with E-state index in [1.54, 1.807) is 22.2 Å². The standard InChI is InChI=1S/C22H26N6O.C2HF3O2/c1-3-18-11-19(27-10-6-9-17(24)14-27)20-21(25-18)26(2)22(29)28(20)13-16-8-5-4-7-15(16)12-23;3-2(4,5)1(6)7/h4-5,7-8,11,17H,3,6,9-10,13-14,24H2,1-2H3;(H,6,7)/t17-;/m1./s1. The van der Waals surface area contributed by atoms with Crippen molar-refractivity contribution in [3.8, 4) is 6.07 Å². The fourth-order valence-corrected chi connectivity index (χ4v) is 4.16. The SMILES string of the molecule is CCc1cc(N2CCC[C@@H](N)C2)c2c(n1)n(C)c(=O)n2Cc1ccccc1C#N.O=C(O)C(F)(F)F. The number of nitriles is 1. The number of aliphatic carboxylic acids is 1. The van der Waals surface area contributed by atoms with Crippen molar-refractivity contribution < 1.29 is 23.1 Å². The van der Waals surface area contributed by atoms with Crippen LogP contribution in [0, 0.1) is 11.3 Å². The second kappa shape index (κ2) is 10.8. The number of anilines is 1. The molecule has 36 heavy (non-hydrogen) atoms. The molecule has 3 N–H and O–H groups in total. The number of carboxylic acid groups (broad SMARTS) is 1. The molecular weight excluding hydrogens is 477 g/mol. The summed E-state index contributed by atoms with van der Waals surface area (Å²) < 4.78 is 35.1. The first-order valence-corrected chi connectivity index (χ1v) is 11.4. The van der Waals surface area contributed by atoms with Gasteiger partial charge in [-0.05, 0) is 37.0 Å². The Morgan fingerprint density at radius 3 is 2.58 bits per heavy atom. The highest BCUT2D eigenvalue weighted by Crippen LogP contribution is 2.29. The minimum atomic E-state index is -5.08. The van der Waals surface area contributed by atoms with Crippen LogP contribution in [0.2, 0.25) is 0 Å². The topological polar surface area (TPSA) is 130 Å². The molecule has 1 aliphatic rings. The number of hydrogen-bond acceptors (Lipinski definition) is 6. The molecule has 0 spiro atoms. The molecule has 0 radical (unpaired) electrons. The molecular formula is C24H27F3N6O3. The molecule has 9 nitrogen and oxygen atoms in total. The van der Waals surface area contributed by atoms with Crippen LogP contribution >= 0.6 is 0 Å². The van der Waals surface area contributed by atoms with Crippen LogP contribution in [0.25, 0.3) is 11.2 Å². The van der Waals surface area contributed by atoms with Crippen molar-refractivity contribution in [2.45, 2.75) is 44.9 Å². The first-order valence-electron chi connectivity index (χ1n) is 11.4. The molecule has 2 aromatic heterocycles. The summed E-state index contributed by atoms with van der Waals surface area (Å²) >= 11 is 0. The lowest BCUT2D eigenvalue weighted by atomic mass is 10.1. The summed E-state index contributed by atoms with van der Waals surface area (Å²) in [5.74, 6) is -2.76. The molecule has 1 aliphatic heterocycles. The van der Waals surface area contributed by atoms with Gasteiger partial charge in [-0.3, -0.25) is 9.13 Å². The number of aromatic nitrogens is 3. The van der Waals surface area contributed by atoms with Crippen LogP contribution < -0.4 is 16.3 Å². The van der Waals surface area contributed by atoms with Gasteiger partial charge in [0.1, 0.15) is 5.52 Å². The Balaban J connectivity index is 0.000000454. The van der Waals surface area contributed by atoms with Gasteiger partial charge in [-0.1, -0.05) is 25.1 Å². The van der Waals surface area contributed by atoms with E-state index in [1.165, 1.54) is 0 Å². The van der Waals surface area contributed by atoms with Crippen molar-refractivity contribution in [2.24, 2.45) is 12.8 Å². The van der Waals surface area contributed by atoms with Crippen LogP contribution in [0.5, 0.6) is 0 Å². The zero-order valence-corrected chi connectivity index (χ0v) is 19.9. The molecule has 12 heteroatoms. The van der Waals surface area contributed by atoms with E-state index in [0.29, 0.717) is 17.8 Å². The molecule has 0 aliphatic carbocycles. The minimum absolute atomic E-state index is 0.125. The van der Waals surface area contributed by atoms with Gasteiger partial charge in [-0.25, -0.2) is 14.6 Å². The lowest BCUT2D eigenvalue weighted by molar-refractivity contribution is -0.192. The summed E-state index contributed by atoms with van der Waals surface area (Å²) in [7, 11) is 1.76. The number of alkyl halides is 3. The number of carboxylic acids is 1. The average Bonchev–Trinajstić information content (AvgIpc) is 3.08. The Kier molecular flexibility index (Phi) is 8.04. The Morgan fingerprint density at radius 2 is 2.00 bits per heavy atom. The largest absolute Gasteiger partial charge is 0.490 e. The highest BCUT2D eigenvalue weighted by molar-refractivity contribution is 5.87. The first kappa shape index (κ1) is 26.7. The number of aryl methyl sites for hydroxylation is 2. The smallest absolute Gasteiger partial charge is 0.475 e. The monoisotopic (exact) mass is 504 g/mol. The van der Waals surface area contributed by atoms with Gasteiger partial charge in [0.25, 0.3) is 0 Å². The number of hydrogen-bond donors (Lipinski definition) is 2. The van der Waals surface area contributed by atoms with Crippen LogP contribution in [0.1, 0.15) is 36.6 Å². The van der Waals surface area contributed by atoms with Gasteiger partial charge in [0.2, 0.25) is 0 Å². The van der Waals surface area contributed by atoms with E-state index < -0.39 is 12.1 Å². The van der Waals surface area contributed by atoms with E-state index in [0.717, 1.165) is 54.8 Å². The predicted octanol–water partition coefficient (Wildman–Crippen LogP) is 2.78. The average molecular weight is 505 g/mol. The summed E-state index contributed by atoms with van der Waals surface area (Å²) in [5, 5.41) is 16.6. The molecule has 0 saturated carbocycles. The quantitative estimate of drug-likeness (QED) is 0.559. The van der Waals surface area contributed by atoms with Gasteiger partial charge in [-0.15, -0.1) is 0 Å². The van der Waals surface area contributed by atoms with Crippen molar-refractivity contribution in [2.75, 3.05) is 18.0 Å². The highest BCUT2D eigenvalue weighted by atomic mass is 19.4. The number of pyridine rings is 1. The molecule has 1 saturated heterocycles. The molecule has 0 amide bonds. The fourth-order valence-electron chi connectivity index (χ4n) is 4.16. The third-order valence-electron chi connectivity index (χ3n) is 5.98. The van der Waals surface area contributed by atoms with Gasteiger partial charge < -0.3 is 15.7 Å². The van der Waals surface area contributed by atoms with Gasteiger partial charge in [-0.2, -0.15) is 18.4 Å². The van der Waals surface area contributed by atoms with Crippen LogP contribution in [0.4, 0.5) is 18.9 Å². The summed E-state index contributed by atoms with van der Waals surface area (Å²) in [6, 6.07) is 11.9. The Labute approximate surface area is 205 Å². The molecule has 3 aromatic rings. The zero-order valence-electron chi connectivity index (χ0n) is 19.9. The number of fused-ring (bicyclic) bond motifs is 1. The van der Waals surface area contributed by atoms with E-state index in [4.69, 9.17) is 20.6 Å². The van der Waals surface area contributed by atoms with Gasteiger partial charge in [0, 0.05) is 31.9 Å². The number of piperidine rings is 1. The molecule has 0 unspecified atom stereocenters. The minimum Gasteiger partial charge on any atom is -0.475 e. The van der Waals surface area contributed by atoms with Crippen molar-refractivity contribution in [3.63, 3.8) is 0 Å². The third kappa shape index (κ3) is 5.68. The second-order valence-corrected chi connectivity index (χ2v) is 8.51. The van der Waals surface area contributed by atoms with E-state index >= 15 is 0 Å². The normalized spacial score (nSPS) is 15.8. The lowest BCUT2D eigenvalue weighted by Crippen LogP contribution is -2.43. The maximum Gasteiger partial charge on any atom is 0.490 e. The predicted molar refractivity (Wildman–Crippen MR) is 128 cm³/mol. The van der Waals surface area contributed by atoms with Gasteiger partial charge in [0.05, 0.1) is 23.9 Å². The summed E-state index contributed by atoms with van der Waals surface area (Å²) in [5.41, 5.74) is 11.0. The Bertz CT molecular complexity index is 1360.